The fraction of sp³-hybridized carbons (Fsp3) is 0.0588. The first-order chi connectivity index (χ1) is 10.7. The van der Waals surface area contributed by atoms with Gasteiger partial charge in [-0.1, -0.05) is 30.3 Å². The molecular formula is C17H14N2O3. The van der Waals surface area contributed by atoms with Crippen LogP contribution < -0.4 is 15.6 Å². The molecule has 0 atom stereocenters. The number of H-pyrrole nitrogens is 1. The van der Waals surface area contributed by atoms with Gasteiger partial charge in [0.25, 0.3) is 11.5 Å². The number of aromatic amines is 1. The second-order valence-corrected chi connectivity index (χ2v) is 4.75. The van der Waals surface area contributed by atoms with Crippen LogP contribution in [0, 0.1) is 0 Å². The topological polar surface area (TPSA) is 71.2 Å². The fourth-order valence-corrected chi connectivity index (χ4v) is 2.27. The zero-order chi connectivity index (χ0) is 15.5. The SMILES string of the molecule is COc1ccccc1NC(=O)c1cc2ccccc2c(=O)[nH]1. The van der Waals surface area contributed by atoms with Gasteiger partial charge >= 0.3 is 0 Å². The molecule has 1 heterocycles. The lowest BCUT2D eigenvalue weighted by Crippen LogP contribution is -2.19. The van der Waals surface area contributed by atoms with Crippen molar-refractivity contribution >= 4 is 22.4 Å². The van der Waals surface area contributed by atoms with E-state index in [4.69, 9.17) is 4.74 Å². The lowest BCUT2D eigenvalue weighted by atomic mass is 10.1. The highest BCUT2D eigenvalue weighted by Crippen LogP contribution is 2.23. The van der Waals surface area contributed by atoms with Crippen molar-refractivity contribution in [1.29, 1.82) is 0 Å². The summed E-state index contributed by atoms with van der Waals surface area (Å²) in [6.45, 7) is 0. The molecule has 2 aromatic carbocycles. The third-order valence-corrected chi connectivity index (χ3v) is 3.35. The Bertz CT molecular complexity index is 900. The van der Waals surface area contributed by atoms with Crippen LogP contribution in [0.5, 0.6) is 5.75 Å². The van der Waals surface area contributed by atoms with Crippen LogP contribution in [-0.4, -0.2) is 18.0 Å². The van der Waals surface area contributed by atoms with Crippen molar-refractivity contribution in [2.75, 3.05) is 12.4 Å². The molecule has 1 amide bonds. The number of hydrogen-bond donors (Lipinski definition) is 2. The summed E-state index contributed by atoms with van der Waals surface area (Å²) in [5, 5.41) is 4.01. The predicted octanol–water partition coefficient (Wildman–Crippen LogP) is 2.79. The highest BCUT2D eigenvalue weighted by atomic mass is 16.5. The smallest absolute Gasteiger partial charge is 0.272 e. The molecule has 1 aromatic heterocycles. The number of aromatic nitrogens is 1. The van der Waals surface area contributed by atoms with Gasteiger partial charge in [0.1, 0.15) is 11.4 Å². The molecular weight excluding hydrogens is 280 g/mol. The van der Waals surface area contributed by atoms with Gasteiger partial charge in [-0.05, 0) is 29.7 Å². The number of benzene rings is 2. The standard InChI is InChI=1S/C17H14N2O3/c1-22-15-9-5-4-8-13(15)18-17(21)14-10-11-6-2-3-7-12(11)16(20)19-14/h2-10H,1H3,(H,18,21)(H,19,20). The minimum absolute atomic E-state index is 0.203. The van der Waals surface area contributed by atoms with E-state index in [0.29, 0.717) is 16.8 Å². The molecule has 3 rings (SSSR count). The first-order valence-electron chi connectivity index (χ1n) is 6.75. The maximum Gasteiger partial charge on any atom is 0.272 e. The second-order valence-electron chi connectivity index (χ2n) is 4.75. The number of ether oxygens (including phenoxy) is 1. The average molecular weight is 294 g/mol. The maximum absolute atomic E-state index is 12.3. The van der Waals surface area contributed by atoms with Crippen molar-refractivity contribution in [1.82, 2.24) is 4.98 Å². The average Bonchev–Trinajstić information content (AvgIpc) is 2.55. The highest BCUT2D eigenvalue weighted by Gasteiger charge is 2.11. The maximum atomic E-state index is 12.3. The van der Waals surface area contributed by atoms with Crippen molar-refractivity contribution in [2.45, 2.75) is 0 Å². The predicted molar refractivity (Wildman–Crippen MR) is 85.5 cm³/mol. The molecule has 0 saturated heterocycles. The van der Waals surface area contributed by atoms with Gasteiger partial charge in [-0.15, -0.1) is 0 Å². The van der Waals surface area contributed by atoms with Gasteiger partial charge in [-0.2, -0.15) is 0 Å². The van der Waals surface area contributed by atoms with Crippen LogP contribution in [-0.2, 0) is 0 Å². The molecule has 110 valence electrons. The Hall–Kier alpha value is -3.08. The molecule has 0 saturated carbocycles. The normalized spacial score (nSPS) is 10.4. The summed E-state index contributed by atoms with van der Waals surface area (Å²) >= 11 is 0. The Morgan fingerprint density at radius 2 is 1.82 bits per heavy atom. The van der Waals surface area contributed by atoms with E-state index in [1.807, 2.05) is 12.1 Å². The van der Waals surface area contributed by atoms with E-state index in [2.05, 4.69) is 10.3 Å². The van der Waals surface area contributed by atoms with Crippen LogP contribution >= 0.6 is 0 Å². The van der Waals surface area contributed by atoms with Gasteiger partial charge in [-0.3, -0.25) is 9.59 Å². The molecule has 0 spiro atoms. The van der Waals surface area contributed by atoms with Gasteiger partial charge in [-0.25, -0.2) is 0 Å². The Balaban J connectivity index is 1.97. The summed E-state index contributed by atoms with van der Waals surface area (Å²) in [5.41, 5.74) is 0.460. The van der Waals surface area contributed by atoms with E-state index in [1.165, 1.54) is 7.11 Å². The molecule has 3 aromatic rings. The van der Waals surface area contributed by atoms with Crippen LogP contribution in [0.2, 0.25) is 0 Å². The van der Waals surface area contributed by atoms with Gasteiger partial charge in [0.15, 0.2) is 0 Å². The Morgan fingerprint density at radius 1 is 1.09 bits per heavy atom. The molecule has 5 heteroatoms. The molecule has 0 unspecified atom stereocenters. The minimum Gasteiger partial charge on any atom is -0.495 e. The van der Waals surface area contributed by atoms with Crippen molar-refractivity contribution in [3.05, 3.63) is 70.6 Å². The summed E-state index contributed by atoms with van der Waals surface area (Å²) in [7, 11) is 1.53. The number of nitrogens with one attached hydrogen (secondary N) is 2. The zero-order valence-electron chi connectivity index (χ0n) is 11.9. The first-order valence-corrected chi connectivity index (χ1v) is 6.75. The Morgan fingerprint density at radius 3 is 2.64 bits per heavy atom. The lowest BCUT2D eigenvalue weighted by Gasteiger charge is -2.10. The summed E-state index contributed by atoms with van der Waals surface area (Å²) < 4.78 is 5.19. The molecule has 0 radical (unpaired) electrons. The number of rotatable bonds is 3. The summed E-state index contributed by atoms with van der Waals surface area (Å²) in [6, 6.07) is 15.9. The lowest BCUT2D eigenvalue weighted by molar-refractivity contribution is 0.102. The van der Waals surface area contributed by atoms with E-state index in [-0.39, 0.29) is 11.3 Å². The summed E-state index contributed by atoms with van der Waals surface area (Å²) in [5.74, 6) is 0.159. The number of hydrogen-bond acceptors (Lipinski definition) is 3. The molecule has 0 bridgehead atoms. The second kappa shape index (κ2) is 5.73. The monoisotopic (exact) mass is 294 g/mol. The van der Waals surface area contributed by atoms with E-state index in [0.717, 1.165) is 5.39 Å². The van der Waals surface area contributed by atoms with Crippen LogP contribution in [0.15, 0.2) is 59.4 Å². The highest BCUT2D eigenvalue weighted by molar-refractivity contribution is 6.05. The van der Waals surface area contributed by atoms with Crippen LogP contribution in [0.4, 0.5) is 5.69 Å². The quantitative estimate of drug-likeness (QED) is 0.780. The van der Waals surface area contributed by atoms with Gasteiger partial charge < -0.3 is 15.0 Å². The Kier molecular flexibility index (Phi) is 3.62. The molecule has 0 aliphatic rings. The van der Waals surface area contributed by atoms with Crippen molar-refractivity contribution in [2.24, 2.45) is 0 Å². The molecule has 0 aliphatic carbocycles. The number of amides is 1. The van der Waals surface area contributed by atoms with Gasteiger partial charge in [0.2, 0.25) is 0 Å². The third kappa shape index (κ3) is 2.56. The largest absolute Gasteiger partial charge is 0.495 e. The number of para-hydroxylation sites is 2. The van der Waals surface area contributed by atoms with Crippen LogP contribution in [0.3, 0.4) is 0 Å². The van der Waals surface area contributed by atoms with Crippen molar-refractivity contribution in [3.63, 3.8) is 0 Å². The number of carbonyl (C=O) groups excluding carboxylic acids is 1. The summed E-state index contributed by atoms with van der Waals surface area (Å²) in [6.07, 6.45) is 0. The fourth-order valence-electron chi connectivity index (χ4n) is 2.27. The molecule has 0 aliphatic heterocycles. The van der Waals surface area contributed by atoms with Gasteiger partial charge in [0, 0.05) is 5.39 Å². The third-order valence-electron chi connectivity index (χ3n) is 3.35. The van der Waals surface area contributed by atoms with E-state index < -0.39 is 5.91 Å². The zero-order valence-corrected chi connectivity index (χ0v) is 11.9. The molecule has 5 nitrogen and oxygen atoms in total. The number of methoxy groups -OCH3 is 1. The number of anilines is 1. The number of fused-ring (bicyclic) bond motifs is 1. The van der Waals surface area contributed by atoms with Crippen LogP contribution in [0.25, 0.3) is 10.8 Å². The van der Waals surface area contributed by atoms with Crippen molar-refractivity contribution in [3.8, 4) is 5.75 Å². The Labute approximate surface area is 126 Å². The summed E-state index contributed by atoms with van der Waals surface area (Å²) in [4.78, 5) is 27.0. The molecule has 0 fully saturated rings. The van der Waals surface area contributed by atoms with E-state index in [9.17, 15) is 9.59 Å². The number of carbonyl (C=O) groups is 1. The van der Waals surface area contributed by atoms with Crippen molar-refractivity contribution < 1.29 is 9.53 Å². The first kappa shape index (κ1) is 13.9. The van der Waals surface area contributed by atoms with Crippen LogP contribution in [0.1, 0.15) is 10.5 Å². The minimum atomic E-state index is -0.396. The molecule has 22 heavy (non-hydrogen) atoms. The van der Waals surface area contributed by atoms with E-state index in [1.54, 1.807) is 42.5 Å². The number of pyridine rings is 1. The van der Waals surface area contributed by atoms with E-state index >= 15 is 0 Å². The van der Waals surface area contributed by atoms with Gasteiger partial charge in [0.05, 0.1) is 12.8 Å². The molecule has 2 N–H and O–H groups in total.